The molecule has 1 aromatic carbocycles. The Morgan fingerprint density at radius 2 is 1.97 bits per heavy atom. The van der Waals surface area contributed by atoms with Crippen LogP contribution in [0.25, 0.3) is 5.69 Å². The molecule has 5 rings (SSSR count). The van der Waals surface area contributed by atoms with E-state index < -0.39 is 29.3 Å². The molecule has 2 saturated carbocycles. The van der Waals surface area contributed by atoms with Crippen LogP contribution in [0.4, 0.5) is 18.9 Å². The van der Waals surface area contributed by atoms with E-state index in [0.717, 1.165) is 19.3 Å². The van der Waals surface area contributed by atoms with E-state index in [1.807, 2.05) is 13.8 Å². The minimum atomic E-state index is -4.58. The van der Waals surface area contributed by atoms with Gasteiger partial charge in [0.25, 0.3) is 5.91 Å². The van der Waals surface area contributed by atoms with Crippen molar-refractivity contribution in [2.75, 3.05) is 5.32 Å². The van der Waals surface area contributed by atoms with Crippen LogP contribution in [-0.2, 0) is 23.8 Å². The number of carboxylic acids is 1. The summed E-state index contributed by atoms with van der Waals surface area (Å²) in [4.78, 5) is 23.8. The first-order valence-corrected chi connectivity index (χ1v) is 12.6. The zero-order valence-corrected chi connectivity index (χ0v) is 20.9. The summed E-state index contributed by atoms with van der Waals surface area (Å²) >= 11 is 0. The van der Waals surface area contributed by atoms with Crippen molar-refractivity contribution in [3.05, 3.63) is 40.7 Å². The summed E-state index contributed by atoms with van der Waals surface area (Å²) in [6, 6.07) is 4.53. The molecule has 200 valence electrons. The molecule has 2 unspecified atom stereocenters. The standard InChI is InChI=1S/C26H32F3N5O3/c1-24(2)9-8-16-20(12-24)34(33-21(16)26(27,28)29)13-6-7-15(22(30)35)19(10-13)32-18-5-3-4-14(18)17-11-25(17,31)23(36)37/h6-7,10,14,17-18,32H,3-5,8-9,11-12,31H2,1-2H3,(H2,30,35)(H,36,37)/t14-,17?,18-,25?/m0/s1. The van der Waals surface area contributed by atoms with Crippen LogP contribution in [0.3, 0.4) is 0 Å². The minimum Gasteiger partial charge on any atom is -0.480 e. The maximum atomic E-state index is 13.9. The molecule has 8 nitrogen and oxygen atoms in total. The highest BCUT2D eigenvalue weighted by Gasteiger charge is 2.62. The second-order valence-electron chi connectivity index (χ2n) is 11.6. The van der Waals surface area contributed by atoms with Gasteiger partial charge in [0.1, 0.15) is 5.54 Å². The van der Waals surface area contributed by atoms with Crippen LogP contribution in [0.15, 0.2) is 18.2 Å². The van der Waals surface area contributed by atoms with Crippen molar-refractivity contribution in [2.24, 2.45) is 28.7 Å². The third kappa shape index (κ3) is 4.47. The number of anilines is 1. The average Bonchev–Trinajstić information content (AvgIpc) is 3.12. The molecule has 37 heavy (non-hydrogen) atoms. The first-order valence-electron chi connectivity index (χ1n) is 12.6. The van der Waals surface area contributed by atoms with E-state index in [4.69, 9.17) is 11.5 Å². The van der Waals surface area contributed by atoms with Gasteiger partial charge in [-0.3, -0.25) is 9.59 Å². The number of benzene rings is 1. The Kier molecular flexibility index (Phi) is 5.85. The molecule has 1 aromatic heterocycles. The smallest absolute Gasteiger partial charge is 0.435 e. The highest BCUT2D eigenvalue weighted by molar-refractivity contribution is 5.99. The molecule has 0 radical (unpaired) electrons. The number of carbonyl (C=O) groups is 2. The fourth-order valence-electron chi connectivity index (χ4n) is 6.31. The van der Waals surface area contributed by atoms with Crippen LogP contribution < -0.4 is 16.8 Å². The molecule has 0 spiro atoms. The van der Waals surface area contributed by atoms with Gasteiger partial charge >= 0.3 is 12.1 Å². The van der Waals surface area contributed by atoms with Gasteiger partial charge in [-0.2, -0.15) is 18.3 Å². The number of primary amides is 1. The van der Waals surface area contributed by atoms with E-state index in [0.29, 0.717) is 36.3 Å². The van der Waals surface area contributed by atoms with Crippen molar-refractivity contribution in [1.29, 1.82) is 0 Å². The lowest BCUT2D eigenvalue weighted by atomic mass is 9.76. The van der Waals surface area contributed by atoms with Crippen molar-refractivity contribution in [2.45, 2.75) is 76.6 Å². The predicted octanol–water partition coefficient (Wildman–Crippen LogP) is 3.89. The van der Waals surface area contributed by atoms with Gasteiger partial charge in [-0.1, -0.05) is 20.3 Å². The molecule has 4 atom stereocenters. The number of nitrogens with two attached hydrogens (primary N) is 2. The lowest BCUT2D eigenvalue weighted by Crippen LogP contribution is -2.39. The van der Waals surface area contributed by atoms with Crippen LogP contribution in [0.2, 0.25) is 0 Å². The number of carboxylic acid groups (broad SMARTS) is 1. The Morgan fingerprint density at radius 1 is 1.24 bits per heavy atom. The summed E-state index contributed by atoms with van der Waals surface area (Å²) in [6.07, 6.45) is -0.403. The number of alkyl halides is 3. The molecule has 6 N–H and O–H groups in total. The normalized spacial score (nSPS) is 28.5. The second-order valence-corrected chi connectivity index (χ2v) is 11.6. The molecule has 2 aromatic rings. The largest absolute Gasteiger partial charge is 0.480 e. The summed E-state index contributed by atoms with van der Waals surface area (Å²) in [5, 5.41) is 16.9. The first kappa shape index (κ1) is 25.6. The van der Waals surface area contributed by atoms with Gasteiger partial charge in [-0.25, -0.2) is 4.68 Å². The highest BCUT2D eigenvalue weighted by atomic mass is 19.4. The third-order valence-electron chi connectivity index (χ3n) is 8.45. The summed E-state index contributed by atoms with van der Waals surface area (Å²) in [7, 11) is 0. The zero-order chi connectivity index (χ0) is 26.9. The van der Waals surface area contributed by atoms with Crippen molar-refractivity contribution in [3.63, 3.8) is 0 Å². The van der Waals surface area contributed by atoms with Gasteiger partial charge in [-0.05, 0) is 74.0 Å². The number of fused-ring (bicyclic) bond motifs is 1. The molecular formula is C26H32F3N5O3. The number of hydrogen-bond donors (Lipinski definition) is 4. The first-order chi connectivity index (χ1) is 17.2. The van der Waals surface area contributed by atoms with Crippen LogP contribution in [0.1, 0.15) is 73.3 Å². The summed E-state index contributed by atoms with van der Waals surface area (Å²) in [6.45, 7) is 4.05. The van der Waals surface area contributed by atoms with Crippen molar-refractivity contribution >= 4 is 17.6 Å². The monoisotopic (exact) mass is 519 g/mol. The van der Waals surface area contributed by atoms with Crippen LogP contribution in [0.5, 0.6) is 0 Å². The number of rotatable bonds is 6. The lowest BCUT2D eigenvalue weighted by Gasteiger charge is -2.30. The molecule has 3 aliphatic carbocycles. The fourth-order valence-corrected chi connectivity index (χ4v) is 6.31. The average molecular weight is 520 g/mol. The Morgan fingerprint density at radius 3 is 2.59 bits per heavy atom. The van der Waals surface area contributed by atoms with Crippen molar-refractivity contribution < 1.29 is 27.9 Å². The predicted molar refractivity (Wildman–Crippen MR) is 130 cm³/mol. The topological polar surface area (TPSA) is 136 Å². The van der Waals surface area contributed by atoms with E-state index in [1.54, 1.807) is 12.1 Å². The zero-order valence-electron chi connectivity index (χ0n) is 20.9. The summed E-state index contributed by atoms with van der Waals surface area (Å²) in [5.41, 5.74) is 11.2. The van der Waals surface area contributed by atoms with Gasteiger partial charge in [-0.15, -0.1) is 0 Å². The van der Waals surface area contributed by atoms with Gasteiger partial charge in [0, 0.05) is 23.0 Å². The molecule has 11 heteroatoms. The molecule has 3 aliphatic rings. The number of aliphatic carboxylic acids is 1. The molecular weight excluding hydrogens is 487 g/mol. The number of nitrogens with one attached hydrogen (secondary N) is 1. The van der Waals surface area contributed by atoms with E-state index >= 15 is 0 Å². The van der Waals surface area contributed by atoms with E-state index in [-0.39, 0.29) is 40.8 Å². The Labute approximate surface area is 212 Å². The van der Waals surface area contributed by atoms with Gasteiger partial charge < -0.3 is 21.9 Å². The maximum Gasteiger partial charge on any atom is 0.435 e. The van der Waals surface area contributed by atoms with Gasteiger partial charge in [0.05, 0.1) is 11.3 Å². The van der Waals surface area contributed by atoms with Crippen molar-refractivity contribution in [1.82, 2.24) is 9.78 Å². The third-order valence-corrected chi connectivity index (χ3v) is 8.45. The van der Waals surface area contributed by atoms with Gasteiger partial charge in [0.15, 0.2) is 5.69 Å². The second kappa shape index (κ2) is 8.47. The molecule has 0 bridgehead atoms. The Hall–Kier alpha value is -3.08. The summed E-state index contributed by atoms with van der Waals surface area (Å²) < 4.78 is 42.9. The lowest BCUT2D eigenvalue weighted by molar-refractivity contribution is -0.142. The quantitative estimate of drug-likeness (QED) is 0.457. The Bertz CT molecular complexity index is 1270. The maximum absolute atomic E-state index is 13.9. The number of hydrogen-bond acceptors (Lipinski definition) is 5. The SMILES string of the molecule is CC1(C)CCc2c(C(F)(F)F)nn(-c3ccc(C(N)=O)c(N[C@H]4CCC[C@H]4C4CC4(N)C(=O)O)c3)c2C1. The fraction of sp³-hybridized carbons (Fsp3) is 0.577. The van der Waals surface area contributed by atoms with Crippen LogP contribution in [0, 0.1) is 17.3 Å². The molecule has 1 heterocycles. The minimum absolute atomic E-state index is 0.000534. The van der Waals surface area contributed by atoms with Crippen LogP contribution in [-0.4, -0.2) is 38.3 Å². The van der Waals surface area contributed by atoms with Crippen LogP contribution >= 0.6 is 0 Å². The summed E-state index contributed by atoms with van der Waals surface area (Å²) in [5.74, 6) is -1.87. The molecule has 2 fully saturated rings. The van der Waals surface area contributed by atoms with E-state index in [9.17, 15) is 27.9 Å². The highest BCUT2D eigenvalue weighted by Crippen LogP contribution is 2.52. The molecule has 0 aliphatic heterocycles. The molecule has 0 saturated heterocycles. The number of carbonyl (C=O) groups excluding carboxylic acids is 1. The van der Waals surface area contributed by atoms with E-state index in [2.05, 4.69) is 10.4 Å². The number of halogens is 3. The number of aromatic nitrogens is 2. The van der Waals surface area contributed by atoms with Crippen molar-refractivity contribution in [3.8, 4) is 5.69 Å². The molecule has 1 amide bonds. The number of nitrogens with zero attached hydrogens (tertiary/aromatic N) is 2. The number of amides is 1. The van der Waals surface area contributed by atoms with E-state index in [1.165, 1.54) is 10.7 Å². The van der Waals surface area contributed by atoms with Gasteiger partial charge in [0.2, 0.25) is 0 Å². The Balaban J connectivity index is 1.52.